The molecule has 8 heteroatoms. The van der Waals surface area contributed by atoms with E-state index in [0.717, 1.165) is 24.0 Å². The third-order valence-corrected chi connectivity index (χ3v) is 5.95. The number of hydrogen-bond donors (Lipinski definition) is 1. The van der Waals surface area contributed by atoms with Crippen molar-refractivity contribution in [2.75, 3.05) is 13.1 Å². The molecule has 3 amide bonds. The van der Waals surface area contributed by atoms with Gasteiger partial charge in [0.05, 0.1) is 17.7 Å². The van der Waals surface area contributed by atoms with Gasteiger partial charge in [-0.2, -0.15) is 5.26 Å². The minimum absolute atomic E-state index is 0.0434. The summed E-state index contributed by atoms with van der Waals surface area (Å²) in [5.41, 5.74) is 4.12. The smallest absolute Gasteiger partial charge is 0.348 e. The van der Waals surface area contributed by atoms with E-state index >= 15 is 0 Å². The highest BCUT2D eigenvalue weighted by Gasteiger charge is 2.35. The predicted octanol–water partition coefficient (Wildman–Crippen LogP) is 2.83. The van der Waals surface area contributed by atoms with Crippen molar-refractivity contribution in [1.82, 2.24) is 15.1 Å². The van der Waals surface area contributed by atoms with Gasteiger partial charge in [-0.25, -0.2) is 4.79 Å². The Morgan fingerprint density at radius 2 is 2.09 bits per heavy atom. The average molecular weight is 427 g/mol. The summed E-state index contributed by atoms with van der Waals surface area (Å²) in [7, 11) is 0. The molecule has 0 saturated carbocycles. The highest BCUT2D eigenvalue weighted by molar-refractivity contribution is 6.02. The number of amides is 3. The molecule has 5 rings (SSSR count). The van der Waals surface area contributed by atoms with Gasteiger partial charge in [-0.3, -0.25) is 9.69 Å². The number of hydrogen-bond acceptors (Lipinski definition) is 5. The van der Waals surface area contributed by atoms with E-state index in [2.05, 4.69) is 22.4 Å². The van der Waals surface area contributed by atoms with E-state index in [0.29, 0.717) is 30.9 Å². The van der Waals surface area contributed by atoms with E-state index in [-0.39, 0.29) is 18.0 Å². The molecule has 1 atom stereocenters. The number of amidine groups is 1. The van der Waals surface area contributed by atoms with Gasteiger partial charge in [0, 0.05) is 19.6 Å². The topological polar surface area (TPSA) is 98.0 Å². The van der Waals surface area contributed by atoms with Crippen LogP contribution in [0.25, 0.3) is 0 Å². The molecule has 2 aromatic carbocycles. The Bertz CT molecular complexity index is 1200. The zero-order chi connectivity index (χ0) is 22.1. The van der Waals surface area contributed by atoms with Crippen LogP contribution in [0.3, 0.4) is 0 Å². The number of nitrogens with one attached hydrogen (secondary N) is 1. The summed E-state index contributed by atoms with van der Waals surface area (Å²) in [6, 6.07) is 17.0. The molecule has 2 aliphatic heterocycles. The Labute approximate surface area is 185 Å². The maximum absolute atomic E-state index is 13.0. The SMILES string of the molecule is N#Cc1cccc(CN2CCN3C(C(=O)NC4CCc5ccccc54)=COC3=NC2=O)c1. The summed E-state index contributed by atoms with van der Waals surface area (Å²) in [4.78, 5) is 33.0. The minimum Gasteiger partial charge on any atom is -0.431 e. The third kappa shape index (κ3) is 3.69. The number of ether oxygens (including phenoxy) is 1. The normalized spacial score (nSPS) is 19.2. The molecule has 1 aliphatic carbocycles. The first kappa shape index (κ1) is 19.8. The first-order valence-electron chi connectivity index (χ1n) is 10.5. The van der Waals surface area contributed by atoms with Gasteiger partial charge in [0.15, 0.2) is 0 Å². The lowest BCUT2D eigenvalue weighted by Gasteiger charge is -2.22. The van der Waals surface area contributed by atoms with E-state index in [1.165, 1.54) is 11.8 Å². The van der Waals surface area contributed by atoms with Crippen molar-refractivity contribution in [1.29, 1.82) is 5.26 Å². The summed E-state index contributed by atoms with van der Waals surface area (Å²) < 4.78 is 5.47. The van der Waals surface area contributed by atoms with E-state index < -0.39 is 6.03 Å². The van der Waals surface area contributed by atoms with Crippen LogP contribution in [0.4, 0.5) is 4.79 Å². The quantitative estimate of drug-likeness (QED) is 0.809. The molecule has 160 valence electrons. The van der Waals surface area contributed by atoms with E-state index in [1.807, 2.05) is 24.3 Å². The summed E-state index contributed by atoms with van der Waals surface area (Å²) in [6.45, 7) is 1.06. The lowest BCUT2D eigenvalue weighted by molar-refractivity contribution is -0.119. The van der Waals surface area contributed by atoms with Crippen LogP contribution >= 0.6 is 0 Å². The molecule has 0 bridgehead atoms. The molecule has 0 saturated heterocycles. The maximum Gasteiger partial charge on any atom is 0.348 e. The number of carbonyl (C=O) groups is 2. The Kier molecular flexibility index (Phi) is 5.07. The molecule has 1 N–H and O–H groups in total. The number of aliphatic imine (C=N–C) groups is 1. The molecule has 0 spiro atoms. The number of nitriles is 1. The number of urea groups is 1. The van der Waals surface area contributed by atoms with E-state index in [9.17, 15) is 9.59 Å². The van der Waals surface area contributed by atoms with Crippen LogP contribution in [0.2, 0.25) is 0 Å². The number of carbonyl (C=O) groups excluding carboxylic acids is 2. The van der Waals surface area contributed by atoms with Crippen LogP contribution in [0.15, 0.2) is 65.5 Å². The highest BCUT2D eigenvalue weighted by Crippen LogP contribution is 2.31. The molecule has 0 fully saturated rings. The molecule has 2 heterocycles. The fourth-order valence-electron chi connectivity index (χ4n) is 4.33. The zero-order valence-corrected chi connectivity index (χ0v) is 17.3. The second-order valence-electron chi connectivity index (χ2n) is 7.95. The highest BCUT2D eigenvalue weighted by atomic mass is 16.5. The standard InChI is InChI=1S/C24H21N5O3/c25-13-16-4-3-5-17(12-16)14-28-10-11-29-21(15-32-24(29)27-23(28)31)22(30)26-20-9-8-18-6-1-2-7-19(18)20/h1-7,12,15,20H,8-11,14H2,(H,26,30). The number of benzene rings is 2. The fourth-order valence-corrected chi connectivity index (χ4v) is 4.33. The Morgan fingerprint density at radius 3 is 2.97 bits per heavy atom. The molecular weight excluding hydrogens is 406 g/mol. The fraction of sp³-hybridized carbons (Fsp3) is 0.250. The summed E-state index contributed by atoms with van der Waals surface area (Å²) in [5.74, 6) is -0.250. The minimum atomic E-state index is -0.440. The number of nitrogens with zero attached hydrogens (tertiary/aromatic N) is 4. The summed E-state index contributed by atoms with van der Waals surface area (Å²) in [5, 5.41) is 12.2. The second kappa shape index (κ2) is 8.19. The van der Waals surface area contributed by atoms with Crippen molar-refractivity contribution in [2.24, 2.45) is 4.99 Å². The lowest BCUT2D eigenvalue weighted by Crippen LogP contribution is -2.39. The van der Waals surface area contributed by atoms with E-state index in [1.54, 1.807) is 28.0 Å². The van der Waals surface area contributed by atoms with Crippen molar-refractivity contribution in [2.45, 2.75) is 25.4 Å². The number of rotatable bonds is 4. The summed E-state index contributed by atoms with van der Waals surface area (Å²) in [6.07, 6.45) is 3.14. The Morgan fingerprint density at radius 1 is 1.22 bits per heavy atom. The van der Waals surface area contributed by atoms with Crippen molar-refractivity contribution in [3.63, 3.8) is 0 Å². The molecule has 32 heavy (non-hydrogen) atoms. The van der Waals surface area contributed by atoms with Gasteiger partial charge in [0.25, 0.3) is 5.91 Å². The average Bonchev–Trinajstić information content (AvgIpc) is 3.37. The van der Waals surface area contributed by atoms with Crippen LogP contribution in [-0.2, 0) is 22.5 Å². The molecule has 2 aromatic rings. The van der Waals surface area contributed by atoms with Gasteiger partial charge >= 0.3 is 12.1 Å². The molecule has 0 aromatic heterocycles. The van der Waals surface area contributed by atoms with Crippen molar-refractivity contribution in [3.05, 3.63) is 82.7 Å². The predicted molar refractivity (Wildman–Crippen MR) is 116 cm³/mol. The first-order valence-corrected chi connectivity index (χ1v) is 10.5. The zero-order valence-electron chi connectivity index (χ0n) is 17.3. The molecule has 0 radical (unpaired) electrons. The van der Waals surface area contributed by atoms with Gasteiger partial charge in [-0.1, -0.05) is 36.4 Å². The van der Waals surface area contributed by atoms with Crippen LogP contribution in [0.1, 0.15) is 34.7 Å². The monoisotopic (exact) mass is 427 g/mol. The van der Waals surface area contributed by atoms with Gasteiger partial charge in [0.1, 0.15) is 12.0 Å². The van der Waals surface area contributed by atoms with Crippen molar-refractivity contribution < 1.29 is 14.3 Å². The van der Waals surface area contributed by atoms with Crippen molar-refractivity contribution >= 4 is 18.0 Å². The van der Waals surface area contributed by atoms with Gasteiger partial charge < -0.3 is 15.0 Å². The molecule has 3 aliphatic rings. The Balaban J connectivity index is 1.27. The Hall–Kier alpha value is -4.12. The van der Waals surface area contributed by atoms with Gasteiger partial charge in [-0.15, -0.1) is 4.99 Å². The molecule has 1 unspecified atom stereocenters. The lowest BCUT2D eigenvalue weighted by atomic mass is 10.1. The van der Waals surface area contributed by atoms with Gasteiger partial charge in [-0.05, 0) is 41.7 Å². The first-order chi connectivity index (χ1) is 15.6. The van der Waals surface area contributed by atoms with Crippen LogP contribution in [-0.4, -0.2) is 40.8 Å². The van der Waals surface area contributed by atoms with Crippen LogP contribution in [0.5, 0.6) is 0 Å². The number of aryl methyl sites for hydroxylation is 1. The largest absolute Gasteiger partial charge is 0.431 e. The van der Waals surface area contributed by atoms with Crippen LogP contribution in [0, 0.1) is 11.3 Å². The summed E-state index contributed by atoms with van der Waals surface area (Å²) >= 11 is 0. The third-order valence-electron chi connectivity index (χ3n) is 5.95. The van der Waals surface area contributed by atoms with E-state index in [4.69, 9.17) is 10.00 Å². The van der Waals surface area contributed by atoms with Crippen LogP contribution < -0.4 is 5.32 Å². The molecule has 8 nitrogen and oxygen atoms in total. The molecular formula is C24H21N5O3. The maximum atomic E-state index is 13.0. The van der Waals surface area contributed by atoms with Crippen molar-refractivity contribution in [3.8, 4) is 6.07 Å². The van der Waals surface area contributed by atoms with Gasteiger partial charge in [0.2, 0.25) is 0 Å². The number of fused-ring (bicyclic) bond motifs is 2. The second-order valence-corrected chi connectivity index (χ2v) is 7.95.